The molecule has 0 radical (unpaired) electrons. The van der Waals surface area contributed by atoms with Crippen molar-refractivity contribution in [3.8, 4) is 5.75 Å². The summed E-state index contributed by atoms with van der Waals surface area (Å²) in [4.78, 5) is 0. The minimum atomic E-state index is 0.406. The minimum Gasteiger partial charge on any atom is -0.490 e. The summed E-state index contributed by atoms with van der Waals surface area (Å²) in [5, 5.41) is 3.26. The molecule has 0 atom stereocenters. The molecule has 1 aromatic rings. The Morgan fingerprint density at radius 3 is 2.67 bits per heavy atom. The maximum atomic E-state index is 5.95. The first kappa shape index (κ1) is 10.5. The zero-order valence-corrected chi connectivity index (χ0v) is 9.71. The highest BCUT2D eigenvalue weighted by atomic mass is 16.5. The van der Waals surface area contributed by atoms with Gasteiger partial charge in [-0.15, -0.1) is 0 Å². The highest BCUT2D eigenvalue weighted by Crippen LogP contribution is 2.28. The highest BCUT2D eigenvalue weighted by molar-refractivity contribution is 5.38. The van der Waals surface area contributed by atoms with E-state index in [1.807, 2.05) is 7.05 Å². The summed E-state index contributed by atoms with van der Waals surface area (Å²) in [5.74, 6) is 1.05. The predicted molar refractivity (Wildman–Crippen MR) is 62.4 cm³/mol. The Morgan fingerprint density at radius 2 is 2.00 bits per heavy atom. The number of hydrogen-bond donors (Lipinski definition) is 1. The van der Waals surface area contributed by atoms with E-state index in [9.17, 15) is 0 Å². The smallest absolute Gasteiger partial charge is 0.122 e. The van der Waals surface area contributed by atoms with Crippen molar-refractivity contribution in [1.82, 2.24) is 5.32 Å². The summed E-state index contributed by atoms with van der Waals surface area (Å²) in [5.41, 5.74) is 2.57. The van der Waals surface area contributed by atoms with Crippen molar-refractivity contribution in [3.63, 3.8) is 0 Å². The van der Waals surface area contributed by atoms with Gasteiger partial charge in [0.1, 0.15) is 11.9 Å². The van der Waals surface area contributed by atoms with Crippen LogP contribution in [0.4, 0.5) is 0 Å². The van der Waals surface area contributed by atoms with Gasteiger partial charge >= 0.3 is 0 Å². The molecule has 82 valence electrons. The molecule has 0 unspecified atom stereocenters. The Labute approximate surface area is 91.6 Å². The SMILES string of the molecule is CNC1CC(Oc2cccc(C)c2C)C1. The fourth-order valence-corrected chi connectivity index (χ4v) is 1.93. The molecule has 2 rings (SSSR count). The van der Waals surface area contributed by atoms with E-state index in [1.165, 1.54) is 11.1 Å². The maximum absolute atomic E-state index is 5.95. The lowest BCUT2D eigenvalue weighted by atomic mass is 9.89. The van der Waals surface area contributed by atoms with Gasteiger partial charge in [0.25, 0.3) is 0 Å². The summed E-state index contributed by atoms with van der Waals surface area (Å²) in [6, 6.07) is 6.90. The van der Waals surface area contributed by atoms with E-state index >= 15 is 0 Å². The third kappa shape index (κ3) is 2.15. The van der Waals surface area contributed by atoms with Crippen molar-refractivity contribution in [3.05, 3.63) is 29.3 Å². The topological polar surface area (TPSA) is 21.3 Å². The third-order valence-electron chi connectivity index (χ3n) is 3.35. The quantitative estimate of drug-likeness (QED) is 0.818. The van der Waals surface area contributed by atoms with Gasteiger partial charge < -0.3 is 10.1 Å². The molecule has 0 bridgehead atoms. The van der Waals surface area contributed by atoms with Gasteiger partial charge in [0, 0.05) is 6.04 Å². The molecule has 1 saturated carbocycles. The van der Waals surface area contributed by atoms with Crippen LogP contribution in [0.2, 0.25) is 0 Å². The number of nitrogens with one attached hydrogen (secondary N) is 1. The van der Waals surface area contributed by atoms with Crippen LogP contribution in [0.3, 0.4) is 0 Å². The summed E-state index contributed by atoms with van der Waals surface area (Å²) in [6.07, 6.45) is 2.66. The van der Waals surface area contributed by atoms with Gasteiger partial charge in [-0.05, 0) is 50.9 Å². The molecule has 1 fully saturated rings. The van der Waals surface area contributed by atoms with Gasteiger partial charge in [-0.3, -0.25) is 0 Å². The molecule has 15 heavy (non-hydrogen) atoms. The normalized spacial score (nSPS) is 24.7. The summed E-state index contributed by atoms with van der Waals surface area (Å²) in [6.45, 7) is 4.25. The van der Waals surface area contributed by atoms with Crippen LogP contribution < -0.4 is 10.1 Å². The second-order valence-corrected chi connectivity index (χ2v) is 4.39. The van der Waals surface area contributed by atoms with Crippen molar-refractivity contribution in [2.75, 3.05) is 7.05 Å². The minimum absolute atomic E-state index is 0.406. The van der Waals surface area contributed by atoms with E-state index in [-0.39, 0.29) is 0 Å². The standard InChI is InChI=1S/C13H19NO/c1-9-5-4-6-13(10(9)2)15-12-7-11(8-12)14-3/h4-6,11-12,14H,7-8H2,1-3H3. The van der Waals surface area contributed by atoms with E-state index in [1.54, 1.807) is 0 Å². The van der Waals surface area contributed by atoms with Crippen molar-refractivity contribution >= 4 is 0 Å². The lowest BCUT2D eigenvalue weighted by Gasteiger charge is -2.35. The molecule has 0 aliphatic heterocycles. The Balaban J connectivity index is 1.97. The van der Waals surface area contributed by atoms with E-state index in [4.69, 9.17) is 4.74 Å². The van der Waals surface area contributed by atoms with Gasteiger partial charge in [-0.1, -0.05) is 12.1 Å². The van der Waals surface area contributed by atoms with E-state index in [0.717, 1.165) is 18.6 Å². The van der Waals surface area contributed by atoms with Crippen LogP contribution in [-0.2, 0) is 0 Å². The average Bonchev–Trinajstić information content (AvgIpc) is 2.17. The van der Waals surface area contributed by atoms with E-state index < -0.39 is 0 Å². The second-order valence-electron chi connectivity index (χ2n) is 4.39. The van der Waals surface area contributed by atoms with Crippen molar-refractivity contribution in [2.45, 2.75) is 38.8 Å². The average molecular weight is 205 g/mol. The van der Waals surface area contributed by atoms with Gasteiger partial charge in [0.05, 0.1) is 0 Å². The van der Waals surface area contributed by atoms with Crippen molar-refractivity contribution in [1.29, 1.82) is 0 Å². The molecule has 1 N–H and O–H groups in total. The highest BCUT2D eigenvalue weighted by Gasteiger charge is 2.29. The molecule has 1 aliphatic carbocycles. The molecule has 2 nitrogen and oxygen atoms in total. The molecule has 0 aromatic heterocycles. The van der Waals surface area contributed by atoms with Gasteiger partial charge in [-0.25, -0.2) is 0 Å². The van der Waals surface area contributed by atoms with Crippen LogP contribution in [0.5, 0.6) is 5.75 Å². The number of benzene rings is 1. The van der Waals surface area contributed by atoms with Crippen LogP contribution in [0.15, 0.2) is 18.2 Å². The summed E-state index contributed by atoms with van der Waals surface area (Å²) >= 11 is 0. The fourth-order valence-electron chi connectivity index (χ4n) is 1.93. The van der Waals surface area contributed by atoms with Crippen molar-refractivity contribution in [2.24, 2.45) is 0 Å². The van der Waals surface area contributed by atoms with Crippen LogP contribution in [-0.4, -0.2) is 19.2 Å². The zero-order valence-electron chi connectivity index (χ0n) is 9.71. The third-order valence-corrected chi connectivity index (χ3v) is 3.35. The molecule has 0 heterocycles. The molecular weight excluding hydrogens is 186 g/mol. The van der Waals surface area contributed by atoms with Gasteiger partial charge in [-0.2, -0.15) is 0 Å². The predicted octanol–water partition coefficient (Wildman–Crippen LogP) is 2.43. The van der Waals surface area contributed by atoms with Crippen molar-refractivity contribution < 1.29 is 4.74 Å². The summed E-state index contributed by atoms with van der Waals surface area (Å²) < 4.78 is 5.95. The second kappa shape index (κ2) is 4.23. The Hall–Kier alpha value is -1.02. The molecule has 2 heteroatoms. The first-order valence-electron chi connectivity index (χ1n) is 5.61. The van der Waals surface area contributed by atoms with Crippen LogP contribution in [0.25, 0.3) is 0 Å². The fraction of sp³-hybridized carbons (Fsp3) is 0.538. The monoisotopic (exact) mass is 205 g/mol. The first-order chi connectivity index (χ1) is 7.20. The number of aryl methyl sites for hydroxylation is 1. The van der Waals surface area contributed by atoms with Crippen LogP contribution in [0.1, 0.15) is 24.0 Å². The number of rotatable bonds is 3. The lowest BCUT2D eigenvalue weighted by Crippen LogP contribution is -2.45. The Bertz CT molecular complexity index is 342. The molecule has 1 aliphatic rings. The molecule has 0 saturated heterocycles. The number of ether oxygens (including phenoxy) is 1. The molecule has 0 amide bonds. The largest absolute Gasteiger partial charge is 0.490 e. The summed E-state index contributed by atoms with van der Waals surface area (Å²) in [7, 11) is 2.01. The molecule has 0 spiro atoms. The van der Waals surface area contributed by atoms with Crippen LogP contribution >= 0.6 is 0 Å². The number of hydrogen-bond acceptors (Lipinski definition) is 2. The Kier molecular flexibility index (Phi) is 2.96. The zero-order chi connectivity index (χ0) is 10.8. The lowest BCUT2D eigenvalue weighted by molar-refractivity contribution is 0.0877. The van der Waals surface area contributed by atoms with E-state index in [0.29, 0.717) is 12.1 Å². The van der Waals surface area contributed by atoms with Gasteiger partial charge in [0.15, 0.2) is 0 Å². The van der Waals surface area contributed by atoms with Gasteiger partial charge in [0.2, 0.25) is 0 Å². The Morgan fingerprint density at radius 1 is 1.27 bits per heavy atom. The first-order valence-corrected chi connectivity index (χ1v) is 5.61. The maximum Gasteiger partial charge on any atom is 0.122 e. The molecular formula is C13H19NO. The molecule has 1 aromatic carbocycles. The van der Waals surface area contributed by atoms with E-state index in [2.05, 4.69) is 37.4 Å². The van der Waals surface area contributed by atoms with Crippen LogP contribution in [0, 0.1) is 13.8 Å².